The van der Waals surface area contributed by atoms with Crippen molar-refractivity contribution in [1.82, 2.24) is 14.7 Å². The number of benzene rings is 1. The first-order valence-corrected chi connectivity index (χ1v) is 9.97. The Balaban J connectivity index is 1.49. The fourth-order valence-corrected chi connectivity index (χ4v) is 5.01. The Morgan fingerprint density at radius 2 is 1.77 bits per heavy atom. The van der Waals surface area contributed by atoms with Crippen LogP contribution >= 0.6 is 0 Å². The lowest BCUT2D eigenvalue weighted by Crippen LogP contribution is -2.71. The van der Waals surface area contributed by atoms with E-state index < -0.39 is 0 Å². The van der Waals surface area contributed by atoms with E-state index in [9.17, 15) is 4.79 Å². The van der Waals surface area contributed by atoms with E-state index in [0.29, 0.717) is 12.1 Å². The summed E-state index contributed by atoms with van der Waals surface area (Å²) in [4.78, 5) is 20.4. The molecule has 4 rings (SSSR count). The fraction of sp³-hybridized carbons (Fsp3) is 0.667. The minimum Gasteiger partial charge on any atom is -0.381 e. The second-order valence-corrected chi connectivity index (χ2v) is 8.55. The lowest BCUT2D eigenvalue weighted by atomic mass is 9.91. The van der Waals surface area contributed by atoms with Gasteiger partial charge in [0.15, 0.2) is 0 Å². The number of carbonyl (C=O) groups is 1. The normalized spacial score (nSPS) is 27.9. The van der Waals surface area contributed by atoms with Gasteiger partial charge in [0, 0.05) is 69.1 Å². The molecule has 0 bridgehead atoms. The van der Waals surface area contributed by atoms with Crippen molar-refractivity contribution in [2.75, 3.05) is 45.9 Å². The van der Waals surface area contributed by atoms with Gasteiger partial charge in [-0.1, -0.05) is 18.2 Å². The number of fused-ring (bicyclic) bond motifs is 1. The van der Waals surface area contributed by atoms with Gasteiger partial charge in [-0.25, -0.2) is 0 Å². The summed E-state index contributed by atoms with van der Waals surface area (Å²) in [6, 6.07) is 10.8. The maximum absolute atomic E-state index is 13.0. The number of hydrogen-bond donors (Lipinski definition) is 0. The van der Waals surface area contributed by atoms with Crippen molar-refractivity contribution in [3.63, 3.8) is 0 Å². The fourth-order valence-electron chi connectivity index (χ4n) is 5.01. The molecule has 0 saturated carbocycles. The van der Waals surface area contributed by atoms with Crippen molar-refractivity contribution in [3.8, 4) is 0 Å². The van der Waals surface area contributed by atoms with Gasteiger partial charge in [-0.2, -0.15) is 0 Å². The number of rotatable bonds is 2. The molecule has 142 valence electrons. The first-order valence-electron chi connectivity index (χ1n) is 9.97. The minimum absolute atomic E-state index is 0.0229. The quantitative estimate of drug-likeness (QED) is 0.812. The molecule has 5 heteroatoms. The van der Waals surface area contributed by atoms with E-state index in [0.717, 1.165) is 64.3 Å². The van der Waals surface area contributed by atoms with Crippen LogP contribution in [0, 0.1) is 0 Å². The predicted octanol–water partition coefficient (Wildman–Crippen LogP) is 2.09. The molecule has 3 fully saturated rings. The van der Waals surface area contributed by atoms with Gasteiger partial charge in [-0.05, 0) is 38.8 Å². The highest BCUT2D eigenvalue weighted by Crippen LogP contribution is 2.30. The molecule has 0 N–H and O–H groups in total. The Kier molecular flexibility index (Phi) is 5.04. The number of ether oxygens (including phenoxy) is 1. The molecular weight excluding hydrogens is 326 g/mol. The summed E-state index contributed by atoms with van der Waals surface area (Å²) < 4.78 is 5.54. The zero-order chi connectivity index (χ0) is 18.1. The zero-order valence-electron chi connectivity index (χ0n) is 16.1. The highest BCUT2D eigenvalue weighted by atomic mass is 16.5. The summed E-state index contributed by atoms with van der Waals surface area (Å²) in [5.41, 5.74) is 0.823. The van der Waals surface area contributed by atoms with E-state index in [-0.39, 0.29) is 11.4 Å². The van der Waals surface area contributed by atoms with Crippen LogP contribution in [0.5, 0.6) is 0 Å². The van der Waals surface area contributed by atoms with Crippen LogP contribution in [0.25, 0.3) is 0 Å². The molecule has 3 heterocycles. The van der Waals surface area contributed by atoms with Gasteiger partial charge < -0.3 is 9.64 Å². The summed E-state index contributed by atoms with van der Waals surface area (Å²) in [7, 11) is 0. The monoisotopic (exact) mass is 357 g/mol. The molecule has 0 aliphatic carbocycles. The highest BCUT2D eigenvalue weighted by molar-refractivity contribution is 5.94. The molecule has 26 heavy (non-hydrogen) atoms. The van der Waals surface area contributed by atoms with Crippen molar-refractivity contribution >= 4 is 5.91 Å². The summed E-state index contributed by atoms with van der Waals surface area (Å²) in [6.07, 6.45) is 2.28. The van der Waals surface area contributed by atoms with Gasteiger partial charge in [0.05, 0.1) is 0 Å². The first kappa shape index (κ1) is 18.0. The Hall–Kier alpha value is -1.43. The average molecular weight is 357 g/mol. The standard InChI is InChI=1S/C21H31N3O2/c1-21(2)16-23(20(25)17-6-4-3-5-7-17)15-19-14-22(10-11-24(19)21)18-8-12-26-13-9-18/h3-7,18-19H,8-16H2,1-2H3. The molecule has 1 atom stereocenters. The van der Waals surface area contributed by atoms with E-state index in [1.807, 2.05) is 30.3 Å². The minimum atomic E-state index is 0.0229. The van der Waals surface area contributed by atoms with E-state index in [2.05, 4.69) is 28.5 Å². The molecule has 5 nitrogen and oxygen atoms in total. The third-order valence-electron chi connectivity index (χ3n) is 6.32. The summed E-state index contributed by atoms with van der Waals surface area (Å²) in [6.45, 7) is 11.3. The molecule has 0 spiro atoms. The number of piperazine rings is 2. The lowest BCUT2D eigenvalue weighted by molar-refractivity contribution is -0.0743. The van der Waals surface area contributed by atoms with Gasteiger partial charge >= 0.3 is 0 Å². The third kappa shape index (κ3) is 3.53. The maximum atomic E-state index is 13.0. The SMILES string of the molecule is CC1(C)CN(C(=O)c2ccccc2)CC2CN(C3CCOCC3)CCN21. The van der Waals surface area contributed by atoms with Crippen LogP contribution < -0.4 is 0 Å². The number of hydrogen-bond acceptors (Lipinski definition) is 4. The van der Waals surface area contributed by atoms with E-state index >= 15 is 0 Å². The van der Waals surface area contributed by atoms with Gasteiger partial charge in [-0.3, -0.25) is 14.6 Å². The van der Waals surface area contributed by atoms with Crippen LogP contribution in [0.15, 0.2) is 30.3 Å². The van der Waals surface area contributed by atoms with Crippen LogP contribution in [-0.2, 0) is 4.74 Å². The summed E-state index contributed by atoms with van der Waals surface area (Å²) in [5.74, 6) is 0.168. The van der Waals surface area contributed by atoms with Gasteiger partial charge in [-0.15, -0.1) is 0 Å². The largest absolute Gasteiger partial charge is 0.381 e. The van der Waals surface area contributed by atoms with Crippen molar-refractivity contribution < 1.29 is 9.53 Å². The Labute approximate surface area is 156 Å². The number of nitrogens with zero attached hydrogens (tertiary/aromatic N) is 3. The van der Waals surface area contributed by atoms with Crippen LogP contribution in [0.3, 0.4) is 0 Å². The molecule has 0 radical (unpaired) electrons. The molecule has 3 aliphatic rings. The van der Waals surface area contributed by atoms with Gasteiger partial charge in [0.25, 0.3) is 5.91 Å². The van der Waals surface area contributed by atoms with Crippen LogP contribution in [0.2, 0.25) is 0 Å². The molecule has 1 amide bonds. The van der Waals surface area contributed by atoms with Crippen LogP contribution in [-0.4, -0.2) is 84.2 Å². The predicted molar refractivity (Wildman–Crippen MR) is 102 cm³/mol. The van der Waals surface area contributed by atoms with Crippen LogP contribution in [0.1, 0.15) is 37.0 Å². The molecule has 0 aromatic heterocycles. The Morgan fingerprint density at radius 3 is 2.50 bits per heavy atom. The highest BCUT2D eigenvalue weighted by Gasteiger charge is 2.44. The third-order valence-corrected chi connectivity index (χ3v) is 6.32. The molecule has 3 aliphatic heterocycles. The summed E-state index contributed by atoms with van der Waals surface area (Å²) >= 11 is 0. The van der Waals surface area contributed by atoms with E-state index in [1.165, 1.54) is 0 Å². The molecular formula is C21H31N3O2. The van der Waals surface area contributed by atoms with Gasteiger partial charge in [0.2, 0.25) is 0 Å². The molecule has 1 aromatic rings. The number of amides is 1. The Bertz CT molecular complexity index is 627. The van der Waals surface area contributed by atoms with E-state index in [1.54, 1.807) is 0 Å². The second-order valence-electron chi connectivity index (χ2n) is 8.55. The Morgan fingerprint density at radius 1 is 1.04 bits per heavy atom. The van der Waals surface area contributed by atoms with Gasteiger partial charge in [0.1, 0.15) is 0 Å². The molecule has 1 aromatic carbocycles. The smallest absolute Gasteiger partial charge is 0.253 e. The zero-order valence-corrected chi connectivity index (χ0v) is 16.1. The van der Waals surface area contributed by atoms with E-state index in [4.69, 9.17) is 4.74 Å². The van der Waals surface area contributed by atoms with Crippen molar-refractivity contribution in [1.29, 1.82) is 0 Å². The topological polar surface area (TPSA) is 36.0 Å². The summed E-state index contributed by atoms with van der Waals surface area (Å²) in [5, 5.41) is 0. The molecule has 3 saturated heterocycles. The number of carbonyl (C=O) groups excluding carboxylic acids is 1. The lowest BCUT2D eigenvalue weighted by Gasteiger charge is -2.56. The molecule has 1 unspecified atom stereocenters. The van der Waals surface area contributed by atoms with Crippen molar-refractivity contribution in [2.24, 2.45) is 0 Å². The van der Waals surface area contributed by atoms with Crippen LogP contribution in [0.4, 0.5) is 0 Å². The van der Waals surface area contributed by atoms with Crippen molar-refractivity contribution in [2.45, 2.75) is 44.3 Å². The maximum Gasteiger partial charge on any atom is 0.253 e. The average Bonchev–Trinajstić information content (AvgIpc) is 2.68. The van der Waals surface area contributed by atoms with Crippen molar-refractivity contribution in [3.05, 3.63) is 35.9 Å². The first-order chi connectivity index (χ1) is 12.5. The second kappa shape index (κ2) is 7.29.